The molecular weight excluding hydrogens is 446 g/mol. The number of halogens is 4. The van der Waals surface area contributed by atoms with E-state index in [0.29, 0.717) is 19.5 Å². The molecule has 0 atom stereocenters. The van der Waals surface area contributed by atoms with E-state index >= 15 is 0 Å². The molecule has 1 aromatic rings. The SMILES string of the molecule is CCNC(=NCCCOCC(F)(F)F)N(C)Cc1ccc(C)cc1.I. The number of hydrogen-bond acceptors (Lipinski definition) is 2. The first-order valence-corrected chi connectivity index (χ1v) is 8.01. The minimum atomic E-state index is -4.27. The van der Waals surface area contributed by atoms with Gasteiger partial charge in [0.2, 0.25) is 0 Å². The number of guanidine groups is 1. The molecule has 0 bridgehead atoms. The second-order valence-corrected chi connectivity index (χ2v) is 5.60. The molecule has 144 valence electrons. The molecule has 1 aromatic carbocycles. The third-order valence-electron chi connectivity index (χ3n) is 3.21. The average molecular weight is 473 g/mol. The van der Waals surface area contributed by atoms with Crippen molar-refractivity contribution in [2.24, 2.45) is 4.99 Å². The average Bonchev–Trinajstić information content (AvgIpc) is 2.50. The van der Waals surface area contributed by atoms with E-state index in [0.717, 1.165) is 12.5 Å². The molecule has 0 radical (unpaired) electrons. The Balaban J connectivity index is 0.00000576. The van der Waals surface area contributed by atoms with Gasteiger partial charge in [-0.2, -0.15) is 13.2 Å². The van der Waals surface area contributed by atoms with Crippen LogP contribution in [0.4, 0.5) is 13.2 Å². The molecule has 0 aliphatic rings. The highest BCUT2D eigenvalue weighted by molar-refractivity contribution is 14.0. The molecule has 8 heteroatoms. The summed E-state index contributed by atoms with van der Waals surface area (Å²) >= 11 is 0. The highest BCUT2D eigenvalue weighted by atomic mass is 127. The Kier molecular flexibility index (Phi) is 11.8. The summed E-state index contributed by atoms with van der Waals surface area (Å²) in [7, 11) is 1.93. The van der Waals surface area contributed by atoms with Crippen LogP contribution in [0.25, 0.3) is 0 Å². The molecule has 0 heterocycles. The molecule has 0 spiro atoms. The van der Waals surface area contributed by atoms with Crippen LogP contribution >= 0.6 is 24.0 Å². The number of nitrogens with one attached hydrogen (secondary N) is 1. The fourth-order valence-corrected chi connectivity index (χ4v) is 2.05. The highest BCUT2D eigenvalue weighted by Crippen LogP contribution is 2.14. The zero-order chi connectivity index (χ0) is 18.0. The predicted octanol–water partition coefficient (Wildman–Crippen LogP) is 3.98. The molecule has 25 heavy (non-hydrogen) atoms. The maximum absolute atomic E-state index is 12.0. The van der Waals surface area contributed by atoms with Gasteiger partial charge < -0.3 is 15.0 Å². The van der Waals surface area contributed by atoms with E-state index in [1.54, 1.807) is 0 Å². The van der Waals surface area contributed by atoms with Crippen LogP contribution < -0.4 is 5.32 Å². The molecule has 0 amide bonds. The normalized spacial score (nSPS) is 11.8. The van der Waals surface area contributed by atoms with E-state index in [4.69, 9.17) is 0 Å². The standard InChI is InChI=1S/C17H26F3N3O.HI/c1-4-21-16(22-10-5-11-24-13-17(18,19)20)23(3)12-15-8-6-14(2)7-9-15;/h6-9H,4-5,10-13H2,1-3H3,(H,21,22);1H. The number of aryl methyl sites for hydroxylation is 1. The Morgan fingerprint density at radius 1 is 1.24 bits per heavy atom. The van der Waals surface area contributed by atoms with Gasteiger partial charge in [0, 0.05) is 33.3 Å². The van der Waals surface area contributed by atoms with Crippen LogP contribution in [-0.4, -0.2) is 50.4 Å². The number of ether oxygens (including phenoxy) is 1. The van der Waals surface area contributed by atoms with Crippen molar-refractivity contribution in [1.29, 1.82) is 0 Å². The zero-order valence-electron chi connectivity index (χ0n) is 14.9. The molecule has 0 aromatic heterocycles. The van der Waals surface area contributed by atoms with Gasteiger partial charge in [0.05, 0.1) is 0 Å². The summed E-state index contributed by atoms with van der Waals surface area (Å²) in [6, 6.07) is 8.26. The van der Waals surface area contributed by atoms with Gasteiger partial charge >= 0.3 is 6.18 Å². The van der Waals surface area contributed by atoms with Crippen molar-refractivity contribution < 1.29 is 17.9 Å². The van der Waals surface area contributed by atoms with Crippen LogP contribution in [0, 0.1) is 6.92 Å². The monoisotopic (exact) mass is 473 g/mol. The fourth-order valence-electron chi connectivity index (χ4n) is 2.05. The zero-order valence-corrected chi connectivity index (χ0v) is 17.2. The first kappa shape index (κ1) is 24.0. The summed E-state index contributed by atoms with van der Waals surface area (Å²) < 4.78 is 40.5. The van der Waals surface area contributed by atoms with Crippen molar-refractivity contribution in [2.45, 2.75) is 33.0 Å². The van der Waals surface area contributed by atoms with Gasteiger partial charge in [-0.1, -0.05) is 29.8 Å². The maximum Gasteiger partial charge on any atom is 0.411 e. The van der Waals surface area contributed by atoms with Gasteiger partial charge in [0.1, 0.15) is 6.61 Å². The Morgan fingerprint density at radius 2 is 1.88 bits per heavy atom. The van der Waals surface area contributed by atoms with Gasteiger partial charge in [-0.05, 0) is 25.8 Å². The Bertz CT molecular complexity index is 507. The van der Waals surface area contributed by atoms with Crippen molar-refractivity contribution >= 4 is 29.9 Å². The van der Waals surface area contributed by atoms with Gasteiger partial charge in [-0.15, -0.1) is 24.0 Å². The molecule has 4 nitrogen and oxygen atoms in total. The molecule has 0 fully saturated rings. The molecule has 1 rings (SSSR count). The lowest BCUT2D eigenvalue weighted by atomic mass is 10.1. The fraction of sp³-hybridized carbons (Fsp3) is 0.588. The van der Waals surface area contributed by atoms with E-state index in [2.05, 4.69) is 39.3 Å². The highest BCUT2D eigenvalue weighted by Gasteiger charge is 2.27. The number of hydrogen-bond donors (Lipinski definition) is 1. The van der Waals surface area contributed by atoms with Crippen molar-refractivity contribution in [2.75, 3.05) is 33.4 Å². The minimum Gasteiger partial charge on any atom is -0.372 e. The molecular formula is C17H27F3IN3O. The van der Waals surface area contributed by atoms with Crippen LogP contribution in [0.1, 0.15) is 24.5 Å². The summed E-state index contributed by atoms with van der Waals surface area (Å²) in [4.78, 5) is 6.42. The van der Waals surface area contributed by atoms with Crippen LogP contribution in [-0.2, 0) is 11.3 Å². The van der Waals surface area contributed by atoms with Crippen molar-refractivity contribution in [3.63, 3.8) is 0 Å². The van der Waals surface area contributed by atoms with E-state index in [1.165, 1.54) is 11.1 Å². The van der Waals surface area contributed by atoms with E-state index in [-0.39, 0.29) is 30.6 Å². The lowest BCUT2D eigenvalue weighted by Gasteiger charge is -2.22. The first-order chi connectivity index (χ1) is 11.3. The number of aliphatic imine (C=N–C) groups is 1. The van der Waals surface area contributed by atoms with Gasteiger partial charge in [0.25, 0.3) is 0 Å². The van der Waals surface area contributed by atoms with Gasteiger partial charge in [0.15, 0.2) is 5.96 Å². The van der Waals surface area contributed by atoms with Crippen LogP contribution in [0.3, 0.4) is 0 Å². The third-order valence-corrected chi connectivity index (χ3v) is 3.21. The first-order valence-electron chi connectivity index (χ1n) is 8.01. The second-order valence-electron chi connectivity index (χ2n) is 5.60. The summed E-state index contributed by atoms with van der Waals surface area (Å²) in [5.41, 5.74) is 2.38. The van der Waals surface area contributed by atoms with E-state index in [9.17, 15) is 13.2 Å². The van der Waals surface area contributed by atoms with Crippen molar-refractivity contribution in [1.82, 2.24) is 10.2 Å². The summed E-state index contributed by atoms with van der Waals surface area (Å²) in [6.07, 6.45) is -3.82. The molecule has 1 N–H and O–H groups in total. The van der Waals surface area contributed by atoms with Gasteiger partial charge in [-0.3, -0.25) is 4.99 Å². The lowest BCUT2D eigenvalue weighted by Crippen LogP contribution is -2.38. The molecule has 0 saturated carbocycles. The molecule has 0 aliphatic carbocycles. The Morgan fingerprint density at radius 3 is 2.44 bits per heavy atom. The van der Waals surface area contributed by atoms with Crippen LogP contribution in [0.2, 0.25) is 0 Å². The van der Waals surface area contributed by atoms with Gasteiger partial charge in [-0.25, -0.2) is 0 Å². The summed E-state index contributed by atoms with van der Waals surface area (Å²) in [6.45, 7) is 4.70. The summed E-state index contributed by atoms with van der Waals surface area (Å²) in [5, 5.41) is 3.18. The Hall–Kier alpha value is -1.03. The minimum absolute atomic E-state index is 0. The number of nitrogens with zero attached hydrogens (tertiary/aromatic N) is 2. The molecule has 0 unspecified atom stereocenters. The molecule has 0 saturated heterocycles. The van der Waals surface area contributed by atoms with Crippen molar-refractivity contribution in [3.8, 4) is 0 Å². The van der Waals surface area contributed by atoms with E-state index in [1.807, 2.05) is 25.8 Å². The number of benzene rings is 1. The number of rotatable bonds is 8. The largest absolute Gasteiger partial charge is 0.411 e. The topological polar surface area (TPSA) is 36.9 Å². The Labute approximate surface area is 164 Å². The quantitative estimate of drug-likeness (QED) is 0.269. The lowest BCUT2D eigenvalue weighted by molar-refractivity contribution is -0.173. The smallest absolute Gasteiger partial charge is 0.372 e. The van der Waals surface area contributed by atoms with Crippen LogP contribution in [0.15, 0.2) is 29.3 Å². The molecule has 0 aliphatic heterocycles. The number of alkyl halides is 3. The van der Waals surface area contributed by atoms with Crippen LogP contribution in [0.5, 0.6) is 0 Å². The maximum atomic E-state index is 12.0. The second kappa shape index (κ2) is 12.3. The van der Waals surface area contributed by atoms with Crippen molar-refractivity contribution in [3.05, 3.63) is 35.4 Å². The third kappa shape index (κ3) is 11.2. The van der Waals surface area contributed by atoms with E-state index < -0.39 is 12.8 Å². The predicted molar refractivity (Wildman–Crippen MR) is 106 cm³/mol. The summed E-state index contributed by atoms with van der Waals surface area (Å²) in [5.74, 6) is 0.730.